The lowest BCUT2D eigenvalue weighted by atomic mass is 9.99. The van der Waals surface area contributed by atoms with E-state index in [0.29, 0.717) is 21.7 Å². The Kier molecular flexibility index (Phi) is 14.2. The molecule has 0 fully saturated rings. The number of amides is 5. The third kappa shape index (κ3) is 11.9. The molecule has 4 aromatic carbocycles. The van der Waals surface area contributed by atoms with Crippen molar-refractivity contribution in [2.24, 2.45) is 0 Å². The van der Waals surface area contributed by atoms with E-state index in [1.807, 2.05) is 54.6 Å². The summed E-state index contributed by atoms with van der Waals surface area (Å²) in [4.78, 5) is 82.1. The average molecular weight is 836 g/mol. The maximum Gasteiger partial charge on any atom is 0.326 e. The van der Waals surface area contributed by atoms with Crippen molar-refractivity contribution in [3.05, 3.63) is 147 Å². The molecule has 0 saturated heterocycles. The van der Waals surface area contributed by atoms with Crippen molar-refractivity contribution < 1.29 is 39.0 Å². The number of benzene rings is 4. The minimum absolute atomic E-state index is 0.0259. The first kappa shape index (κ1) is 42.3. The van der Waals surface area contributed by atoms with E-state index in [9.17, 15) is 39.0 Å². The molecule has 15 heteroatoms. The SMILES string of the molecule is O=C1C[C@@H](O)C(=O)Nc2ccc(cc2)C[C@@H](C(=O)O)NC(=O)[C@@H](Cc2ccccc2Cl)NC(=O)[C@H](Cc2ccc(-c3ccccc3)cc2)NC(=O)[C@@H](Cc2cccs2)N1. The van der Waals surface area contributed by atoms with E-state index < -0.39 is 72.2 Å². The summed E-state index contributed by atoms with van der Waals surface area (Å²) >= 11 is 7.84. The molecular weight excluding hydrogens is 794 g/mol. The zero-order valence-electron chi connectivity index (χ0n) is 31.6. The predicted molar refractivity (Wildman–Crippen MR) is 224 cm³/mol. The standard InChI is InChI=1S/C44H42ClN5O8S/c45-33-11-5-4-9-30(33)23-35-41(54)50-37(44(57)58)22-27-14-18-31(19-15-27)46-43(56)38(51)25-39(52)47-36(24-32-10-6-20-59-32)42(55)48-34(40(53)49-35)21-26-12-16-29(17-13-26)28-7-2-1-3-8-28/h1-20,34-38,51H,21-25H2,(H,46,56)(H,47,52)(H,48,55)(H,49,53)(H,50,54)(H,57,58)/t34-,35+,36+,37-,38+/m0/s1. The normalized spacial score (nSPS) is 20.9. The molecule has 13 nitrogen and oxygen atoms in total. The second-order valence-electron chi connectivity index (χ2n) is 14.1. The molecule has 5 aromatic rings. The van der Waals surface area contributed by atoms with Gasteiger partial charge in [0.05, 0.1) is 6.42 Å². The average Bonchev–Trinajstić information content (AvgIpc) is 3.74. The maximum atomic E-state index is 14.4. The quantitative estimate of drug-likeness (QED) is 0.113. The van der Waals surface area contributed by atoms with Crippen molar-refractivity contribution in [2.75, 3.05) is 5.32 Å². The molecular formula is C44H42ClN5O8S. The van der Waals surface area contributed by atoms with Gasteiger partial charge >= 0.3 is 5.97 Å². The smallest absolute Gasteiger partial charge is 0.326 e. The van der Waals surface area contributed by atoms with Gasteiger partial charge in [-0.25, -0.2) is 4.79 Å². The Morgan fingerprint density at radius 2 is 1.24 bits per heavy atom. The van der Waals surface area contributed by atoms with Crippen molar-refractivity contribution in [3.63, 3.8) is 0 Å². The lowest BCUT2D eigenvalue weighted by Crippen LogP contribution is -2.59. The number of carboxylic acids is 1. The summed E-state index contributed by atoms with van der Waals surface area (Å²) < 4.78 is 0. The molecule has 0 aliphatic carbocycles. The predicted octanol–water partition coefficient (Wildman–Crippen LogP) is 4.07. The molecule has 7 rings (SSSR count). The van der Waals surface area contributed by atoms with Crippen LogP contribution in [0.15, 0.2) is 121 Å². The van der Waals surface area contributed by atoms with Crippen LogP contribution in [0.4, 0.5) is 5.69 Å². The molecule has 3 heterocycles. The van der Waals surface area contributed by atoms with E-state index in [1.165, 1.54) is 23.5 Å². The largest absolute Gasteiger partial charge is 0.480 e. The van der Waals surface area contributed by atoms with E-state index in [0.717, 1.165) is 16.0 Å². The van der Waals surface area contributed by atoms with Crippen LogP contribution in [0.1, 0.15) is 28.0 Å². The van der Waals surface area contributed by atoms with Crippen molar-refractivity contribution in [2.45, 2.75) is 62.4 Å². The number of hydrogen-bond donors (Lipinski definition) is 7. The summed E-state index contributed by atoms with van der Waals surface area (Å²) in [7, 11) is 0. The molecule has 0 radical (unpaired) electrons. The number of carboxylic acid groups (broad SMARTS) is 1. The number of thiophene rings is 1. The topological polar surface area (TPSA) is 203 Å². The minimum Gasteiger partial charge on any atom is -0.480 e. The van der Waals surface area contributed by atoms with E-state index >= 15 is 0 Å². The Labute approximate surface area is 349 Å². The summed E-state index contributed by atoms with van der Waals surface area (Å²) in [5.74, 6) is -5.32. The van der Waals surface area contributed by atoms with Crippen LogP contribution in [0.5, 0.6) is 0 Å². The van der Waals surface area contributed by atoms with Crippen molar-refractivity contribution in [3.8, 4) is 11.1 Å². The molecule has 2 bridgehead atoms. The number of fused-ring (bicyclic) bond motifs is 18. The molecule has 5 atom stereocenters. The van der Waals surface area contributed by atoms with Crippen LogP contribution in [0.25, 0.3) is 11.1 Å². The fraction of sp³-hybridized carbons (Fsp3) is 0.227. The summed E-state index contributed by atoms with van der Waals surface area (Å²) in [6, 6.07) is 28.1. The number of aliphatic hydroxyl groups is 1. The van der Waals surface area contributed by atoms with Gasteiger partial charge in [-0.05, 0) is 57.5 Å². The highest BCUT2D eigenvalue weighted by molar-refractivity contribution is 7.09. The third-order valence-corrected chi connectivity index (χ3v) is 11.0. The number of carbonyl (C=O) groups excluding carboxylic acids is 5. The highest BCUT2D eigenvalue weighted by Crippen LogP contribution is 2.21. The molecule has 0 unspecified atom stereocenters. The van der Waals surface area contributed by atoms with E-state index in [-0.39, 0.29) is 31.4 Å². The van der Waals surface area contributed by atoms with Gasteiger partial charge in [0, 0.05) is 41.3 Å². The van der Waals surface area contributed by atoms with Crippen LogP contribution in [-0.4, -0.2) is 76.0 Å². The monoisotopic (exact) mass is 835 g/mol. The van der Waals surface area contributed by atoms with Gasteiger partial charge in [0.15, 0.2) is 0 Å². The molecule has 1 aromatic heterocycles. The summed E-state index contributed by atoms with van der Waals surface area (Å²) in [5.41, 5.74) is 3.81. The number of nitrogens with one attached hydrogen (secondary N) is 5. The maximum absolute atomic E-state index is 14.4. The first-order chi connectivity index (χ1) is 28.4. The fourth-order valence-corrected chi connectivity index (χ4v) is 7.53. The number of carbonyl (C=O) groups is 6. The molecule has 2 aliphatic heterocycles. The summed E-state index contributed by atoms with van der Waals surface area (Å²) in [6.45, 7) is 0. The second kappa shape index (κ2) is 19.9. The number of halogens is 1. The number of aliphatic carboxylic acids is 1. The number of rotatable bonds is 8. The number of aliphatic hydroxyl groups excluding tert-OH is 1. The van der Waals surface area contributed by atoms with Gasteiger partial charge in [-0.15, -0.1) is 11.3 Å². The Morgan fingerprint density at radius 1 is 0.627 bits per heavy atom. The van der Waals surface area contributed by atoms with Gasteiger partial charge in [-0.3, -0.25) is 24.0 Å². The first-order valence-electron chi connectivity index (χ1n) is 18.8. The van der Waals surface area contributed by atoms with Crippen LogP contribution >= 0.6 is 22.9 Å². The molecule has 7 N–H and O–H groups in total. The van der Waals surface area contributed by atoms with Crippen LogP contribution in [-0.2, 0) is 54.5 Å². The van der Waals surface area contributed by atoms with Gasteiger partial charge in [0.2, 0.25) is 23.6 Å². The zero-order chi connectivity index (χ0) is 41.9. The molecule has 5 amide bonds. The third-order valence-electron chi connectivity index (χ3n) is 9.74. The van der Waals surface area contributed by atoms with E-state index in [1.54, 1.807) is 53.9 Å². The van der Waals surface area contributed by atoms with E-state index in [2.05, 4.69) is 26.6 Å². The Balaban J connectivity index is 1.36. The Morgan fingerprint density at radius 3 is 1.88 bits per heavy atom. The van der Waals surface area contributed by atoms with Crippen molar-refractivity contribution in [1.82, 2.24) is 21.3 Å². The zero-order valence-corrected chi connectivity index (χ0v) is 33.2. The molecule has 0 spiro atoms. The number of hydrogen-bond acceptors (Lipinski definition) is 8. The summed E-state index contributed by atoms with van der Waals surface area (Å²) in [6.07, 6.45) is -2.75. The van der Waals surface area contributed by atoms with Crippen LogP contribution < -0.4 is 26.6 Å². The van der Waals surface area contributed by atoms with Crippen LogP contribution in [0.3, 0.4) is 0 Å². The first-order valence-corrected chi connectivity index (χ1v) is 20.1. The molecule has 59 heavy (non-hydrogen) atoms. The minimum atomic E-state index is -1.78. The van der Waals surface area contributed by atoms with Crippen molar-refractivity contribution >= 4 is 64.1 Å². The van der Waals surface area contributed by atoms with Gasteiger partial charge < -0.3 is 36.8 Å². The highest BCUT2D eigenvalue weighted by atomic mass is 35.5. The number of anilines is 1. The molecule has 0 saturated carbocycles. The van der Waals surface area contributed by atoms with Crippen LogP contribution in [0.2, 0.25) is 5.02 Å². The summed E-state index contributed by atoms with van der Waals surface area (Å²) in [5, 5.41) is 36.2. The van der Waals surface area contributed by atoms with Gasteiger partial charge in [-0.2, -0.15) is 0 Å². The van der Waals surface area contributed by atoms with Gasteiger partial charge in [0.25, 0.3) is 5.91 Å². The van der Waals surface area contributed by atoms with E-state index in [4.69, 9.17) is 11.6 Å². The van der Waals surface area contributed by atoms with Gasteiger partial charge in [0.1, 0.15) is 30.3 Å². The molecule has 304 valence electrons. The lowest BCUT2D eigenvalue weighted by Gasteiger charge is -2.26. The molecule has 2 aliphatic rings. The van der Waals surface area contributed by atoms with Gasteiger partial charge in [-0.1, -0.05) is 103 Å². The lowest BCUT2D eigenvalue weighted by molar-refractivity contribution is -0.142. The van der Waals surface area contributed by atoms with Crippen molar-refractivity contribution in [1.29, 1.82) is 0 Å². The van der Waals surface area contributed by atoms with Crippen LogP contribution in [0, 0.1) is 0 Å². The second-order valence-corrected chi connectivity index (χ2v) is 15.5. The Hall–Kier alpha value is -6.35. The Bertz CT molecular complexity index is 2270. The fourth-order valence-electron chi connectivity index (χ4n) is 6.57. The highest BCUT2D eigenvalue weighted by Gasteiger charge is 2.33.